The zero-order valence-electron chi connectivity index (χ0n) is 16.7. The van der Waals surface area contributed by atoms with Crippen molar-refractivity contribution in [1.29, 1.82) is 0 Å². The van der Waals surface area contributed by atoms with Crippen LogP contribution in [0.4, 0.5) is 4.39 Å². The number of nitrogens with two attached hydrogens (primary N) is 1. The zero-order valence-corrected chi connectivity index (χ0v) is 17.5. The van der Waals surface area contributed by atoms with Gasteiger partial charge in [-0.05, 0) is 49.4 Å². The number of carbonyl (C=O) groups excluding carboxylic acids is 1. The van der Waals surface area contributed by atoms with Crippen LogP contribution < -0.4 is 16.0 Å². The SMILES string of the molecule is CC1(Cc2ccc(F)cc2)N=C(n2ccc(OCCC3CC3)cc2=O)SC1C(N)=O. The van der Waals surface area contributed by atoms with Crippen molar-refractivity contribution in [3.63, 3.8) is 0 Å². The summed E-state index contributed by atoms with van der Waals surface area (Å²) < 4.78 is 20.3. The maximum absolute atomic E-state index is 13.2. The molecule has 158 valence electrons. The molecule has 1 amide bonds. The van der Waals surface area contributed by atoms with Gasteiger partial charge >= 0.3 is 0 Å². The predicted octanol–water partition coefficient (Wildman–Crippen LogP) is 2.97. The minimum atomic E-state index is -0.845. The van der Waals surface area contributed by atoms with Gasteiger partial charge in [0.2, 0.25) is 5.91 Å². The van der Waals surface area contributed by atoms with Gasteiger partial charge in [-0.1, -0.05) is 36.7 Å². The molecule has 1 aromatic heterocycles. The normalized spacial score (nSPS) is 23.3. The summed E-state index contributed by atoms with van der Waals surface area (Å²) in [5, 5.41) is -0.225. The fraction of sp³-hybridized carbons (Fsp3) is 0.409. The fourth-order valence-corrected chi connectivity index (χ4v) is 4.86. The number of nitrogens with zero attached hydrogens (tertiary/aromatic N) is 2. The summed E-state index contributed by atoms with van der Waals surface area (Å²) in [5.74, 6) is 0.461. The summed E-state index contributed by atoms with van der Waals surface area (Å²) in [7, 11) is 0. The van der Waals surface area contributed by atoms with Crippen LogP contribution in [0.5, 0.6) is 5.75 Å². The van der Waals surface area contributed by atoms with E-state index < -0.39 is 16.7 Å². The molecule has 1 fully saturated rings. The summed E-state index contributed by atoms with van der Waals surface area (Å²) in [6, 6.07) is 9.24. The highest BCUT2D eigenvalue weighted by Crippen LogP contribution is 2.38. The van der Waals surface area contributed by atoms with Gasteiger partial charge in [0.15, 0.2) is 5.17 Å². The molecule has 8 heteroatoms. The van der Waals surface area contributed by atoms with Crippen LogP contribution in [0.2, 0.25) is 0 Å². The lowest BCUT2D eigenvalue weighted by Crippen LogP contribution is -2.43. The first-order chi connectivity index (χ1) is 14.3. The molecule has 2 aromatic rings. The molecule has 2 heterocycles. The van der Waals surface area contributed by atoms with Crippen molar-refractivity contribution in [3.05, 3.63) is 64.3 Å². The summed E-state index contributed by atoms with van der Waals surface area (Å²) in [5.41, 5.74) is 5.35. The van der Waals surface area contributed by atoms with Gasteiger partial charge in [0, 0.05) is 12.3 Å². The van der Waals surface area contributed by atoms with Crippen molar-refractivity contribution in [3.8, 4) is 5.75 Å². The van der Waals surface area contributed by atoms with E-state index in [1.807, 2.05) is 6.92 Å². The van der Waals surface area contributed by atoms with Gasteiger partial charge < -0.3 is 10.5 Å². The minimum Gasteiger partial charge on any atom is -0.493 e. The largest absolute Gasteiger partial charge is 0.493 e. The summed E-state index contributed by atoms with van der Waals surface area (Å²) in [4.78, 5) is 29.5. The molecule has 1 saturated carbocycles. The lowest BCUT2D eigenvalue weighted by molar-refractivity contribution is -0.118. The van der Waals surface area contributed by atoms with Crippen molar-refractivity contribution in [2.45, 2.75) is 43.4 Å². The summed E-state index contributed by atoms with van der Waals surface area (Å²) >= 11 is 1.17. The van der Waals surface area contributed by atoms with Gasteiger partial charge in [0.25, 0.3) is 5.56 Å². The smallest absolute Gasteiger partial charge is 0.260 e. The molecule has 0 spiro atoms. The van der Waals surface area contributed by atoms with Crippen LogP contribution in [-0.2, 0) is 11.2 Å². The number of hydrogen-bond donors (Lipinski definition) is 1. The molecular formula is C22H24FN3O3S. The number of rotatable bonds is 7. The van der Waals surface area contributed by atoms with Crippen LogP contribution in [0.15, 0.2) is 52.4 Å². The van der Waals surface area contributed by atoms with Crippen molar-refractivity contribution >= 4 is 22.8 Å². The van der Waals surface area contributed by atoms with Crippen LogP contribution in [0.25, 0.3) is 0 Å². The standard InChI is InChI=1S/C22H24FN3O3S/c1-22(13-15-4-6-16(23)7-5-15)19(20(24)28)30-21(25-22)26-10-8-17(12-18(26)27)29-11-9-14-2-3-14/h4-8,10,12,14,19H,2-3,9,11,13H2,1H3,(H2,24,28). The van der Waals surface area contributed by atoms with Crippen molar-refractivity contribution in [2.24, 2.45) is 16.6 Å². The Morgan fingerprint density at radius 2 is 2.07 bits per heavy atom. The Kier molecular flexibility index (Phi) is 5.69. The Labute approximate surface area is 178 Å². The van der Waals surface area contributed by atoms with E-state index in [-0.39, 0.29) is 11.4 Å². The van der Waals surface area contributed by atoms with Crippen molar-refractivity contribution < 1.29 is 13.9 Å². The van der Waals surface area contributed by atoms with Crippen molar-refractivity contribution in [2.75, 3.05) is 6.61 Å². The second-order valence-corrected chi connectivity index (χ2v) is 9.18. The van der Waals surface area contributed by atoms with Gasteiger partial charge in [0.05, 0.1) is 12.1 Å². The molecule has 6 nitrogen and oxygen atoms in total. The van der Waals surface area contributed by atoms with Gasteiger partial charge in [-0.25, -0.2) is 4.39 Å². The summed E-state index contributed by atoms with van der Waals surface area (Å²) in [6.07, 6.45) is 5.55. The van der Waals surface area contributed by atoms with Gasteiger partial charge in [-0.3, -0.25) is 19.1 Å². The number of carbonyl (C=O) groups is 1. The third-order valence-corrected chi connectivity index (χ3v) is 6.94. The zero-order chi connectivity index (χ0) is 21.3. The third kappa shape index (κ3) is 4.59. The third-order valence-electron chi connectivity index (χ3n) is 5.46. The Morgan fingerprint density at radius 1 is 1.33 bits per heavy atom. The van der Waals surface area contributed by atoms with Gasteiger partial charge in [-0.2, -0.15) is 0 Å². The number of pyridine rings is 1. The molecule has 0 radical (unpaired) electrons. The second-order valence-electron chi connectivity index (χ2n) is 8.11. The lowest BCUT2D eigenvalue weighted by atomic mass is 9.89. The van der Waals surface area contributed by atoms with E-state index in [0.717, 1.165) is 17.9 Å². The molecule has 30 heavy (non-hydrogen) atoms. The number of benzene rings is 1. The van der Waals surface area contributed by atoms with Crippen LogP contribution in [-0.4, -0.2) is 33.0 Å². The first-order valence-corrected chi connectivity index (χ1v) is 10.9. The fourth-order valence-electron chi connectivity index (χ4n) is 3.62. The molecule has 4 rings (SSSR count). The van der Waals surface area contributed by atoms with Gasteiger partial charge in [0.1, 0.15) is 16.8 Å². The maximum atomic E-state index is 13.2. The average Bonchev–Trinajstić information content (AvgIpc) is 3.45. The molecule has 0 saturated heterocycles. The molecule has 2 unspecified atom stereocenters. The van der Waals surface area contributed by atoms with E-state index in [1.165, 1.54) is 47.4 Å². The van der Waals surface area contributed by atoms with E-state index in [2.05, 4.69) is 0 Å². The number of primary amides is 1. The van der Waals surface area contributed by atoms with Crippen molar-refractivity contribution in [1.82, 2.24) is 4.57 Å². The minimum absolute atomic E-state index is 0.278. The molecular weight excluding hydrogens is 405 g/mol. The number of hydrogen-bond acceptors (Lipinski definition) is 5. The highest BCUT2D eigenvalue weighted by atomic mass is 32.2. The Morgan fingerprint density at radius 3 is 2.70 bits per heavy atom. The summed E-state index contributed by atoms with van der Waals surface area (Å²) in [6.45, 7) is 2.43. The molecule has 2 atom stereocenters. The number of aliphatic imine (C=N–C) groups is 1. The molecule has 0 bridgehead atoms. The number of ether oxygens (including phenoxy) is 1. The van der Waals surface area contributed by atoms with Crippen LogP contribution in [0.1, 0.15) is 31.7 Å². The predicted molar refractivity (Wildman–Crippen MR) is 115 cm³/mol. The molecule has 2 aliphatic rings. The first-order valence-electron chi connectivity index (χ1n) is 10.0. The number of aromatic nitrogens is 1. The second kappa shape index (κ2) is 8.26. The average molecular weight is 430 g/mol. The van der Waals surface area contributed by atoms with Crippen LogP contribution >= 0.6 is 11.8 Å². The van der Waals surface area contributed by atoms with Crippen LogP contribution in [0, 0.1) is 11.7 Å². The topological polar surface area (TPSA) is 86.7 Å². The first kappa shape index (κ1) is 20.7. The highest BCUT2D eigenvalue weighted by molar-refractivity contribution is 8.15. The van der Waals surface area contributed by atoms with E-state index in [4.69, 9.17) is 15.5 Å². The van der Waals surface area contributed by atoms with E-state index in [0.29, 0.717) is 23.9 Å². The molecule has 1 aliphatic heterocycles. The van der Waals surface area contributed by atoms with E-state index in [1.54, 1.807) is 24.4 Å². The number of halogens is 1. The molecule has 2 N–H and O–H groups in total. The van der Waals surface area contributed by atoms with E-state index in [9.17, 15) is 14.0 Å². The lowest BCUT2D eigenvalue weighted by Gasteiger charge is -2.25. The monoisotopic (exact) mass is 429 g/mol. The number of amides is 1. The molecule has 1 aromatic carbocycles. The van der Waals surface area contributed by atoms with E-state index >= 15 is 0 Å². The quantitative estimate of drug-likeness (QED) is 0.733. The Balaban J connectivity index is 1.55. The Bertz CT molecular complexity index is 1030. The number of thioether (sulfide) groups is 1. The Hall–Kier alpha value is -2.61. The van der Waals surface area contributed by atoms with Crippen LogP contribution in [0.3, 0.4) is 0 Å². The maximum Gasteiger partial charge on any atom is 0.260 e. The highest BCUT2D eigenvalue weighted by Gasteiger charge is 2.45. The van der Waals surface area contributed by atoms with Gasteiger partial charge in [-0.15, -0.1) is 0 Å². The molecule has 1 aliphatic carbocycles.